The number of halogens is 1. The minimum absolute atomic E-state index is 0.148. The van der Waals surface area contributed by atoms with E-state index >= 15 is 0 Å². The molecule has 0 amide bonds. The first-order chi connectivity index (χ1) is 8.74. The van der Waals surface area contributed by atoms with E-state index in [4.69, 9.17) is 16.7 Å². The summed E-state index contributed by atoms with van der Waals surface area (Å²) in [6.07, 6.45) is 2.60. The predicted molar refractivity (Wildman–Crippen MR) is 76.3 cm³/mol. The number of likely N-dealkylation sites (N-methyl/N-ethyl adjacent to an activating group) is 1. The van der Waals surface area contributed by atoms with Crippen LogP contribution in [0.25, 0.3) is 0 Å². The molecule has 1 aromatic carbocycles. The first kappa shape index (κ1) is 13.7. The molecule has 1 aliphatic carbocycles. The predicted octanol–water partition coefficient (Wildman–Crippen LogP) is 2.41. The van der Waals surface area contributed by atoms with Gasteiger partial charge in [0.15, 0.2) is 0 Å². The average molecular weight is 269 g/mol. The Labute approximate surface area is 114 Å². The van der Waals surface area contributed by atoms with Gasteiger partial charge in [0, 0.05) is 25.7 Å². The lowest BCUT2D eigenvalue weighted by Crippen LogP contribution is -2.26. The van der Waals surface area contributed by atoms with Crippen LogP contribution in [-0.4, -0.2) is 30.8 Å². The lowest BCUT2D eigenvalue weighted by molar-refractivity contribution is 0.302. The molecule has 1 saturated carbocycles. The monoisotopic (exact) mass is 268 g/mol. The van der Waals surface area contributed by atoms with Gasteiger partial charge in [0.25, 0.3) is 0 Å². The summed E-state index contributed by atoms with van der Waals surface area (Å²) >= 11 is 6.32. The third-order valence-corrected chi connectivity index (χ3v) is 3.58. The SMILES string of the molecule is CCN(CCO)c1ccc(CNC2CC2)cc1Cl. The maximum Gasteiger partial charge on any atom is 0.0642 e. The van der Waals surface area contributed by atoms with E-state index in [1.165, 1.54) is 18.4 Å². The maximum atomic E-state index is 9.03. The van der Waals surface area contributed by atoms with Gasteiger partial charge in [-0.25, -0.2) is 0 Å². The van der Waals surface area contributed by atoms with Crippen molar-refractivity contribution in [2.24, 2.45) is 0 Å². The number of nitrogens with one attached hydrogen (secondary N) is 1. The fraction of sp³-hybridized carbons (Fsp3) is 0.571. The van der Waals surface area contributed by atoms with Crippen LogP contribution in [0.2, 0.25) is 5.02 Å². The van der Waals surface area contributed by atoms with Crippen molar-refractivity contribution in [2.45, 2.75) is 32.4 Å². The minimum atomic E-state index is 0.148. The molecule has 4 heteroatoms. The molecule has 1 fully saturated rings. The second-order valence-corrected chi connectivity index (χ2v) is 5.15. The summed E-state index contributed by atoms with van der Waals surface area (Å²) < 4.78 is 0. The molecule has 18 heavy (non-hydrogen) atoms. The Morgan fingerprint density at radius 2 is 2.22 bits per heavy atom. The van der Waals surface area contributed by atoms with E-state index in [9.17, 15) is 0 Å². The van der Waals surface area contributed by atoms with Crippen LogP contribution in [-0.2, 0) is 6.54 Å². The van der Waals surface area contributed by atoms with Crippen LogP contribution in [0.3, 0.4) is 0 Å². The van der Waals surface area contributed by atoms with Crippen LogP contribution in [0.15, 0.2) is 18.2 Å². The molecule has 3 nitrogen and oxygen atoms in total. The number of hydrogen-bond donors (Lipinski definition) is 2. The molecule has 100 valence electrons. The van der Waals surface area contributed by atoms with Crippen molar-refractivity contribution in [2.75, 3.05) is 24.6 Å². The number of rotatable bonds is 7. The fourth-order valence-electron chi connectivity index (χ4n) is 2.04. The number of nitrogens with zero attached hydrogens (tertiary/aromatic N) is 1. The quantitative estimate of drug-likeness (QED) is 0.797. The van der Waals surface area contributed by atoms with Gasteiger partial charge in [-0.2, -0.15) is 0 Å². The van der Waals surface area contributed by atoms with Gasteiger partial charge in [-0.15, -0.1) is 0 Å². The van der Waals surface area contributed by atoms with Crippen LogP contribution in [0.1, 0.15) is 25.3 Å². The third-order valence-electron chi connectivity index (χ3n) is 3.28. The van der Waals surface area contributed by atoms with Crippen molar-refractivity contribution in [3.8, 4) is 0 Å². The zero-order chi connectivity index (χ0) is 13.0. The molecule has 2 N–H and O–H groups in total. The summed E-state index contributed by atoms with van der Waals surface area (Å²) in [4.78, 5) is 2.08. The maximum absolute atomic E-state index is 9.03. The van der Waals surface area contributed by atoms with Gasteiger partial charge in [0.05, 0.1) is 17.3 Å². The van der Waals surface area contributed by atoms with Gasteiger partial charge >= 0.3 is 0 Å². The van der Waals surface area contributed by atoms with Gasteiger partial charge in [0.1, 0.15) is 0 Å². The first-order valence-corrected chi connectivity index (χ1v) is 7.00. The molecule has 0 radical (unpaired) electrons. The van der Waals surface area contributed by atoms with E-state index in [0.29, 0.717) is 12.6 Å². The Balaban J connectivity index is 2.02. The van der Waals surface area contributed by atoms with Gasteiger partial charge in [-0.3, -0.25) is 0 Å². The van der Waals surface area contributed by atoms with Gasteiger partial charge in [-0.1, -0.05) is 17.7 Å². The van der Waals surface area contributed by atoms with Crippen LogP contribution in [0.4, 0.5) is 5.69 Å². The molecule has 0 aliphatic heterocycles. The summed E-state index contributed by atoms with van der Waals surface area (Å²) in [6.45, 7) is 4.57. The molecule has 0 saturated heterocycles. The number of benzene rings is 1. The fourth-order valence-corrected chi connectivity index (χ4v) is 2.36. The Hall–Kier alpha value is -0.770. The first-order valence-electron chi connectivity index (χ1n) is 6.62. The molecule has 0 aromatic heterocycles. The number of hydrogen-bond acceptors (Lipinski definition) is 3. The van der Waals surface area contributed by atoms with Crippen LogP contribution >= 0.6 is 11.6 Å². The summed E-state index contributed by atoms with van der Waals surface area (Å²) in [5.41, 5.74) is 2.22. The normalized spacial score (nSPS) is 14.8. The molecular weight excluding hydrogens is 248 g/mol. The Bertz CT molecular complexity index is 393. The summed E-state index contributed by atoms with van der Waals surface area (Å²) in [5, 5.41) is 13.3. The average Bonchev–Trinajstić information content (AvgIpc) is 3.18. The van der Waals surface area contributed by atoms with Crippen molar-refractivity contribution in [1.29, 1.82) is 0 Å². The largest absolute Gasteiger partial charge is 0.395 e. The lowest BCUT2D eigenvalue weighted by atomic mass is 10.2. The van der Waals surface area contributed by atoms with Crippen molar-refractivity contribution in [1.82, 2.24) is 5.32 Å². The number of aliphatic hydroxyl groups is 1. The summed E-state index contributed by atoms with van der Waals surface area (Å²) in [5.74, 6) is 0. The van der Waals surface area contributed by atoms with Crippen molar-refractivity contribution in [3.63, 3.8) is 0 Å². The van der Waals surface area contributed by atoms with Crippen LogP contribution < -0.4 is 10.2 Å². The zero-order valence-corrected chi connectivity index (χ0v) is 11.6. The number of anilines is 1. The highest BCUT2D eigenvalue weighted by molar-refractivity contribution is 6.33. The molecule has 0 atom stereocenters. The van der Waals surface area contributed by atoms with Crippen molar-refractivity contribution >= 4 is 17.3 Å². The van der Waals surface area contributed by atoms with Gasteiger partial charge in [0.2, 0.25) is 0 Å². The van der Waals surface area contributed by atoms with Gasteiger partial charge in [-0.05, 0) is 37.5 Å². The smallest absolute Gasteiger partial charge is 0.0642 e. The zero-order valence-electron chi connectivity index (χ0n) is 10.8. The Morgan fingerprint density at radius 3 is 2.78 bits per heavy atom. The van der Waals surface area contributed by atoms with E-state index in [2.05, 4.69) is 23.2 Å². The molecular formula is C14H21ClN2O. The van der Waals surface area contributed by atoms with Crippen molar-refractivity contribution < 1.29 is 5.11 Å². The summed E-state index contributed by atoms with van der Waals surface area (Å²) in [7, 11) is 0. The van der Waals surface area contributed by atoms with E-state index < -0.39 is 0 Å². The number of aliphatic hydroxyl groups excluding tert-OH is 1. The third kappa shape index (κ3) is 3.61. The molecule has 2 rings (SSSR count). The second kappa shape index (κ2) is 6.41. The highest BCUT2D eigenvalue weighted by Gasteiger charge is 2.20. The molecule has 1 aromatic rings. The molecule has 1 aliphatic rings. The van der Waals surface area contributed by atoms with E-state index in [-0.39, 0.29) is 6.61 Å². The Morgan fingerprint density at radius 1 is 1.44 bits per heavy atom. The molecule has 0 bridgehead atoms. The van der Waals surface area contributed by atoms with Crippen LogP contribution in [0, 0.1) is 0 Å². The highest BCUT2D eigenvalue weighted by Crippen LogP contribution is 2.27. The molecule has 0 heterocycles. The Kier molecular flexibility index (Phi) is 4.87. The minimum Gasteiger partial charge on any atom is -0.395 e. The lowest BCUT2D eigenvalue weighted by Gasteiger charge is -2.23. The van der Waals surface area contributed by atoms with E-state index in [1.54, 1.807) is 0 Å². The molecule has 0 spiro atoms. The summed E-state index contributed by atoms with van der Waals surface area (Å²) in [6, 6.07) is 6.89. The standard InChI is InChI=1S/C14H21ClN2O/c1-2-17(7-8-18)14-6-3-11(9-13(14)15)10-16-12-4-5-12/h3,6,9,12,16,18H,2,4-5,7-8,10H2,1H3. The van der Waals surface area contributed by atoms with Crippen molar-refractivity contribution in [3.05, 3.63) is 28.8 Å². The second-order valence-electron chi connectivity index (χ2n) is 4.74. The van der Waals surface area contributed by atoms with E-state index in [1.807, 2.05) is 12.1 Å². The highest BCUT2D eigenvalue weighted by atomic mass is 35.5. The van der Waals surface area contributed by atoms with E-state index in [0.717, 1.165) is 23.8 Å². The van der Waals surface area contributed by atoms with Crippen LogP contribution in [0.5, 0.6) is 0 Å². The topological polar surface area (TPSA) is 35.5 Å². The molecule has 0 unspecified atom stereocenters. The van der Waals surface area contributed by atoms with Gasteiger partial charge < -0.3 is 15.3 Å².